The first-order chi connectivity index (χ1) is 8.09. The van der Waals surface area contributed by atoms with Crippen molar-refractivity contribution in [2.75, 3.05) is 5.32 Å². The van der Waals surface area contributed by atoms with Crippen LogP contribution in [0.15, 0.2) is 10.8 Å². The van der Waals surface area contributed by atoms with Gasteiger partial charge in [-0.25, -0.2) is 4.79 Å². The van der Waals surface area contributed by atoms with E-state index in [9.17, 15) is 4.79 Å². The maximum atomic E-state index is 11.1. The molecule has 0 aliphatic heterocycles. The highest BCUT2D eigenvalue weighted by atomic mass is 32.1. The first-order valence-electron chi connectivity index (χ1n) is 5.04. The summed E-state index contributed by atoms with van der Waals surface area (Å²) in [6.45, 7) is 4.39. The lowest BCUT2D eigenvalue weighted by atomic mass is 10.2. The van der Waals surface area contributed by atoms with E-state index in [-0.39, 0.29) is 5.56 Å². The van der Waals surface area contributed by atoms with E-state index in [4.69, 9.17) is 5.11 Å². The summed E-state index contributed by atoms with van der Waals surface area (Å²) >= 11 is 2.84. The molecule has 0 saturated carbocycles. The lowest BCUT2D eigenvalue weighted by molar-refractivity contribution is 0.0697. The van der Waals surface area contributed by atoms with Crippen molar-refractivity contribution in [2.45, 2.75) is 20.4 Å². The molecular formula is C11H12N2O2S2. The monoisotopic (exact) mass is 268 g/mol. The summed E-state index contributed by atoms with van der Waals surface area (Å²) in [5.74, 6) is -0.930. The molecule has 6 heteroatoms. The molecule has 2 rings (SSSR count). The highest BCUT2D eigenvalue weighted by molar-refractivity contribution is 7.10. The van der Waals surface area contributed by atoms with Gasteiger partial charge in [-0.3, -0.25) is 0 Å². The van der Waals surface area contributed by atoms with Crippen molar-refractivity contribution in [3.05, 3.63) is 33.1 Å². The number of carbonyl (C=O) groups is 1. The first kappa shape index (κ1) is 12.1. The Hall–Kier alpha value is -1.40. The average molecular weight is 268 g/mol. The lowest BCUT2D eigenvalue weighted by Crippen LogP contribution is -2.04. The molecule has 90 valence electrons. The molecule has 0 atom stereocenters. The van der Waals surface area contributed by atoms with E-state index in [1.807, 2.05) is 6.92 Å². The number of nitrogens with zero attached hydrogens (tertiary/aromatic N) is 1. The lowest BCUT2D eigenvalue weighted by Gasteiger charge is -2.04. The van der Waals surface area contributed by atoms with Gasteiger partial charge < -0.3 is 10.4 Å². The van der Waals surface area contributed by atoms with E-state index < -0.39 is 5.97 Å². The van der Waals surface area contributed by atoms with E-state index in [0.717, 1.165) is 0 Å². The van der Waals surface area contributed by atoms with Gasteiger partial charge in [0.15, 0.2) is 0 Å². The Balaban J connectivity index is 2.15. The number of hydrogen-bond donors (Lipinski definition) is 2. The van der Waals surface area contributed by atoms with Gasteiger partial charge in [0.1, 0.15) is 10.6 Å². The summed E-state index contributed by atoms with van der Waals surface area (Å²) in [5, 5.41) is 17.0. The van der Waals surface area contributed by atoms with Gasteiger partial charge in [-0.1, -0.05) is 0 Å². The molecule has 0 unspecified atom stereocenters. The van der Waals surface area contributed by atoms with Crippen molar-refractivity contribution >= 4 is 33.8 Å². The zero-order valence-electron chi connectivity index (χ0n) is 9.48. The number of aromatic nitrogens is 1. The van der Waals surface area contributed by atoms with Crippen LogP contribution in [-0.4, -0.2) is 15.4 Å². The zero-order valence-corrected chi connectivity index (χ0v) is 11.1. The number of hydrogen-bond acceptors (Lipinski definition) is 5. The van der Waals surface area contributed by atoms with Crippen molar-refractivity contribution < 1.29 is 9.90 Å². The molecule has 4 nitrogen and oxygen atoms in total. The van der Waals surface area contributed by atoms with Crippen molar-refractivity contribution in [1.82, 2.24) is 4.37 Å². The Labute approximate surface area is 107 Å². The molecule has 0 saturated heterocycles. The second-order valence-corrected chi connectivity index (χ2v) is 5.23. The standard InChI is InChI=1S/C11H12N2O2S2/c1-6-4-16-5-8(6)3-12-10-9(11(14)15)7(2)13-17-10/h4-5,12H,3H2,1-2H3,(H,14,15). The predicted molar refractivity (Wildman–Crippen MR) is 70.2 cm³/mol. The molecule has 2 aromatic heterocycles. The number of thiophene rings is 1. The number of aromatic carboxylic acids is 1. The molecule has 0 amide bonds. The van der Waals surface area contributed by atoms with Crippen molar-refractivity contribution in [3.8, 4) is 0 Å². The Bertz CT molecular complexity index is 545. The van der Waals surface area contributed by atoms with Crippen LogP contribution in [0, 0.1) is 13.8 Å². The fraction of sp³-hybridized carbons (Fsp3) is 0.273. The number of rotatable bonds is 4. The number of nitrogens with one attached hydrogen (secondary N) is 1. The molecule has 0 aliphatic carbocycles. The van der Waals surface area contributed by atoms with Crippen LogP contribution >= 0.6 is 22.9 Å². The topological polar surface area (TPSA) is 62.2 Å². The second-order valence-electron chi connectivity index (χ2n) is 3.71. The average Bonchev–Trinajstić information content (AvgIpc) is 2.82. The normalized spacial score (nSPS) is 10.5. The van der Waals surface area contributed by atoms with Crippen LogP contribution < -0.4 is 5.32 Å². The van der Waals surface area contributed by atoms with E-state index >= 15 is 0 Å². The van der Waals surface area contributed by atoms with Crippen LogP contribution in [0.2, 0.25) is 0 Å². The highest BCUT2D eigenvalue weighted by Crippen LogP contribution is 2.25. The van der Waals surface area contributed by atoms with Crippen LogP contribution in [0.25, 0.3) is 0 Å². The molecule has 0 fully saturated rings. The van der Waals surface area contributed by atoms with Crippen LogP contribution in [0.1, 0.15) is 27.2 Å². The maximum Gasteiger partial charge on any atom is 0.340 e. The van der Waals surface area contributed by atoms with Crippen molar-refractivity contribution in [1.29, 1.82) is 0 Å². The molecule has 2 heterocycles. The van der Waals surface area contributed by atoms with Gasteiger partial charge in [0.05, 0.1) is 5.69 Å². The van der Waals surface area contributed by atoms with E-state index in [1.54, 1.807) is 18.3 Å². The van der Waals surface area contributed by atoms with Crippen molar-refractivity contribution in [2.24, 2.45) is 0 Å². The van der Waals surface area contributed by atoms with Gasteiger partial charge in [0.2, 0.25) is 0 Å². The minimum atomic E-state index is -0.930. The Morgan fingerprint density at radius 1 is 1.47 bits per heavy atom. The smallest absolute Gasteiger partial charge is 0.340 e. The van der Waals surface area contributed by atoms with Crippen LogP contribution in [-0.2, 0) is 6.54 Å². The van der Waals surface area contributed by atoms with Gasteiger partial charge in [0.25, 0.3) is 0 Å². The third-order valence-corrected chi connectivity index (χ3v) is 4.28. The first-order valence-corrected chi connectivity index (χ1v) is 6.76. The fourth-order valence-electron chi connectivity index (χ4n) is 1.49. The number of carboxylic acids is 1. The van der Waals surface area contributed by atoms with Gasteiger partial charge in [-0.15, -0.1) is 0 Å². The summed E-state index contributed by atoms with van der Waals surface area (Å²) in [5.41, 5.74) is 3.26. The Morgan fingerprint density at radius 2 is 2.24 bits per heavy atom. The Morgan fingerprint density at radius 3 is 2.82 bits per heavy atom. The summed E-state index contributed by atoms with van der Waals surface area (Å²) in [6.07, 6.45) is 0. The molecule has 0 aromatic carbocycles. The largest absolute Gasteiger partial charge is 0.478 e. The van der Waals surface area contributed by atoms with E-state index in [0.29, 0.717) is 17.2 Å². The summed E-state index contributed by atoms with van der Waals surface area (Å²) in [4.78, 5) is 11.1. The fourth-order valence-corrected chi connectivity index (χ4v) is 3.13. The van der Waals surface area contributed by atoms with Crippen molar-refractivity contribution in [3.63, 3.8) is 0 Å². The van der Waals surface area contributed by atoms with Gasteiger partial charge in [-0.05, 0) is 47.3 Å². The SMILES string of the molecule is Cc1cscc1CNc1snc(C)c1C(=O)O. The minimum absolute atomic E-state index is 0.280. The van der Waals surface area contributed by atoms with Gasteiger partial charge in [-0.2, -0.15) is 15.7 Å². The van der Waals surface area contributed by atoms with Crippen LogP contribution in [0.3, 0.4) is 0 Å². The second kappa shape index (κ2) is 4.85. The molecule has 2 N–H and O–H groups in total. The van der Waals surface area contributed by atoms with Crippen LogP contribution in [0.5, 0.6) is 0 Å². The quantitative estimate of drug-likeness (QED) is 0.894. The number of aryl methyl sites for hydroxylation is 2. The molecule has 17 heavy (non-hydrogen) atoms. The third-order valence-electron chi connectivity index (χ3n) is 2.48. The molecule has 2 aromatic rings. The maximum absolute atomic E-state index is 11.1. The molecule has 0 bridgehead atoms. The highest BCUT2D eigenvalue weighted by Gasteiger charge is 2.17. The van der Waals surface area contributed by atoms with Gasteiger partial charge >= 0.3 is 5.97 Å². The van der Waals surface area contributed by atoms with Gasteiger partial charge in [0, 0.05) is 6.54 Å². The minimum Gasteiger partial charge on any atom is -0.478 e. The summed E-state index contributed by atoms with van der Waals surface area (Å²) in [7, 11) is 0. The molecular weight excluding hydrogens is 256 g/mol. The van der Waals surface area contributed by atoms with E-state index in [1.165, 1.54) is 22.7 Å². The molecule has 0 aliphatic rings. The zero-order chi connectivity index (χ0) is 12.4. The number of anilines is 1. The summed E-state index contributed by atoms with van der Waals surface area (Å²) < 4.78 is 4.06. The summed E-state index contributed by atoms with van der Waals surface area (Å²) in [6, 6.07) is 0. The van der Waals surface area contributed by atoms with E-state index in [2.05, 4.69) is 20.5 Å². The number of carboxylic acid groups (broad SMARTS) is 1. The third kappa shape index (κ3) is 2.48. The molecule has 0 spiro atoms. The Kier molecular flexibility index (Phi) is 3.44. The molecule has 0 radical (unpaired) electrons. The predicted octanol–water partition coefficient (Wildman–Crippen LogP) is 3.13. The van der Waals surface area contributed by atoms with Crippen LogP contribution in [0.4, 0.5) is 5.00 Å².